The Kier molecular flexibility index (Phi) is 5.77. The van der Waals surface area contributed by atoms with Gasteiger partial charge in [-0.05, 0) is 67.0 Å². The van der Waals surface area contributed by atoms with Crippen molar-refractivity contribution in [2.75, 3.05) is 38.2 Å². The van der Waals surface area contributed by atoms with Crippen molar-refractivity contribution in [3.8, 4) is 11.5 Å². The topological polar surface area (TPSA) is 67.9 Å². The number of ether oxygens (including phenoxy) is 2. The van der Waals surface area contributed by atoms with Crippen LogP contribution in [0.25, 0.3) is 10.8 Å². The lowest BCUT2D eigenvalue weighted by Crippen LogP contribution is -2.38. The van der Waals surface area contributed by atoms with E-state index in [9.17, 15) is 9.59 Å². The maximum atomic E-state index is 13.0. The van der Waals surface area contributed by atoms with Crippen molar-refractivity contribution in [3.05, 3.63) is 66.2 Å². The summed E-state index contributed by atoms with van der Waals surface area (Å²) in [4.78, 5) is 26.9. The smallest absolute Gasteiger partial charge is 0.262 e. The summed E-state index contributed by atoms with van der Waals surface area (Å²) in [5, 5.41) is 5.16. The normalized spacial score (nSPS) is 16.8. The number of hydrogen-bond acceptors (Lipinski definition) is 5. The van der Waals surface area contributed by atoms with E-state index in [0.29, 0.717) is 23.6 Å². The Balaban J connectivity index is 1.11. The van der Waals surface area contributed by atoms with Crippen LogP contribution in [-0.2, 0) is 4.79 Å². The molecular formula is C26H26N2O4. The molecule has 0 aromatic heterocycles. The summed E-state index contributed by atoms with van der Waals surface area (Å²) < 4.78 is 11.3. The van der Waals surface area contributed by atoms with Crippen LogP contribution in [0.15, 0.2) is 60.7 Å². The van der Waals surface area contributed by atoms with E-state index in [1.54, 1.807) is 18.2 Å². The summed E-state index contributed by atoms with van der Waals surface area (Å²) in [5.74, 6) is 1.45. The number of rotatable bonds is 6. The van der Waals surface area contributed by atoms with E-state index in [-0.39, 0.29) is 24.2 Å². The number of nitrogens with one attached hydrogen (secondary N) is 1. The second kappa shape index (κ2) is 9.01. The van der Waals surface area contributed by atoms with Crippen molar-refractivity contribution in [2.45, 2.75) is 12.8 Å². The van der Waals surface area contributed by atoms with Crippen LogP contribution >= 0.6 is 0 Å². The van der Waals surface area contributed by atoms with Gasteiger partial charge in [0.25, 0.3) is 5.91 Å². The number of hydrogen-bond donors (Lipinski definition) is 1. The Hall–Kier alpha value is -3.38. The Labute approximate surface area is 187 Å². The zero-order valence-electron chi connectivity index (χ0n) is 17.9. The molecule has 0 atom stereocenters. The standard InChI is InChI=1S/C26H26N2O4/c29-25-17-32-24-8-6-21(16-23(24)27-25)26(30)19-9-11-28(12-10-19)13-14-31-22-7-5-18-3-1-2-4-20(18)15-22/h1-8,15-16,19H,9-14,17H2,(H,27,29). The predicted octanol–water partition coefficient (Wildman–Crippen LogP) is 4.14. The molecule has 2 aliphatic heterocycles. The highest BCUT2D eigenvalue weighted by Gasteiger charge is 2.27. The van der Waals surface area contributed by atoms with Crippen LogP contribution in [-0.4, -0.2) is 49.4 Å². The van der Waals surface area contributed by atoms with Crippen molar-refractivity contribution in [1.82, 2.24) is 4.90 Å². The molecule has 0 aliphatic carbocycles. The van der Waals surface area contributed by atoms with Crippen molar-refractivity contribution >= 4 is 28.2 Å². The van der Waals surface area contributed by atoms with Gasteiger partial charge in [-0.1, -0.05) is 30.3 Å². The minimum Gasteiger partial charge on any atom is -0.492 e. The molecule has 3 aromatic rings. The minimum absolute atomic E-state index is 0.00548. The number of carbonyl (C=O) groups excluding carboxylic acids is 2. The van der Waals surface area contributed by atoms with Gasteiger partial charge in [0, 0.05) is 18.0 Å². The van der Waals surface area contributed by atoms with Gasteiger partial charge in [-0.3, -0.25) is 14.5 Å². The molecule has 0 radical (unpaired) electrons. The predicted molar refractivity (Wildman–Crippen MR) is 124 cm³/mol. The number of piperidine rings is 1. The number of anilines is 1. The van der Waals surface area contributed by atoms with Crippen LogP contribution in [0.4, 0.5) is 5.69 Å². The van der Waals surface area contributed by atoms with E-state index in [0.717, 1.165) is 38.2 Å². The van der Waals surface area contributed by atoms with Crippen LogP contribution in [0.5, 0.6) is 11.5 Å². The van der Waals surface area contributed by atoms with Gasteiger partial charge in [0.05, 0.1) is 5.69 Å². The molecule has 164 valence electrons. The summed E-state index contributed by atoms with van der Waals surface area (Å²) in [6.45, 7) is 3.24. The number of benzene rings is 3. The zero-order valence-corrected chi connectivity index (χ0v) is 17.9. The maximum Gasteiger partial charge on any atom is 0.262 e. The molecule has 0 saturated carbocycles. The molecule has 1 fully saturated rings. The summed E-state index contributed by atoms with van der Waals surface area (Å²) >= 11 is 0. The molecule has 32 heavy (non-hydrogen) atoms. The summed E-state index contributed by atoms with van der Waals surface area (Å²) in [5.41, 5.74) is 1.21. The molecule has 1 saturated heterocycles. The molecule has 5 rings (SSSR count). The summed E-state index contributed by atoms with van der Waals surface area (Å²) in [7, 11) is 0. The van der Waals surface area contributed by atoms with Crippen molar-refractivity contribution < 1.29 is 19.1 Å². The van der Waals surface area contributed by atoms with Gasteiger partial charge in [-0.2, -0.15) is 0 Å². The van der Waals surface area contributed by atoms with Gasteiger partial charge in [0.2, 0.25) is 0 Å². The second-order valence-electron chi connectivity index (χ2n) is 8.39. The summed E-state index contributed by atoms with van der Waals surface area (Å²) in [6, 6.07) is 19.7. The fraction of sp³-hybridized carbons (Fsp3) is 0.308. The Morgan fingerprint density at radius 3 is 2.69 bits per heavy atom. The number of amides is 1. The highest BCUT2D eigenvalue weighted by molar-refractivity contribution is 6.01. The lowest BCUT2D eigenvalue weighted by Gasteiger charge is -2.31. The summed E-state index contributed by atoms with van der Waals surface area (Å²) in [6.07, 6.45) is 1.66. The van der Waals surface area contributed by atoms with Crippen LogP contribution in [0.2, 0.25) is 0 Å². The fourth-order valence-corrected chi connectivity index (χ4v) is 4.44. The average Bonchev–Trinajstić information content (AvgIpc) is 2.83. The van der Waals surface area contributed by atoms with E-state index in [2.05, 4.69) is 34.5 Å². The van der Waals surface area contributed by atoms with E-state index in [1.165, 1.54) is 10.8 Å². The first-order valence-corrected chi connectivity index (χ1v) is 11.1. The van der Waals surface area contributed by atoms with Gasteiger partial charge in [-0.15, -0.1) is 0 Å². The van der Waals surface area contributed by atoms with Crippen molar-refractivity contribution in [3.63, 3.8) is 0 Å². The third-order valence-corrected chi connectivity index (χ3v) is 6.25. The molecular weight excluding hydrogens is 404 g/mol. The van der Waals surface area contributed by atoms with E-state index >= 15 is 0 Å². The van der Waals surface area contributed by atoms with E-state index < -0.39 is 0 Å². The first kappa shape index (κ1) is 20.5. The molecule has 1 N–H and O–H groups in total. The molecule has 0 bridgehead atoms. The van der Waals surface area contributed by atoms with Crippen LogP contribution in [0.1, 0.15) is 23.2 Å². The third kappa shape index (κ3) is 4.46. The molecule has 0 spiro atoms. The molecule has 6 nitrogen and oxygen atoms in total. The average molecular weight is 431 g/mol. The molecule has 2 heterocycles. The van der Waals surface area contributed by atoms with Gasteiger partial charge >= 0.3 is 0 Å². The molecule has 1 amide bonds. The Bertz CT molecular complexity index is 1150. The quantitative estimate of drug-likeness (QED) is 0.595. The Morgan fingerprint density at radius 2 is 1.84 bits per heavy atom. The number of ketones is 1. The molecule has 6 heteroatoms. The van der Waals surface area contributed by atoms with E-state index in [1.807, 2.05) is 18.2 Å². The van der Waals surface area contributed by atoms with Gasteiger partial charge in [0.15, 0.2) is 12.4 Å². The minimum atomic E-state index is -0.193. The highest BCUT2D eigenvalue weighted by Crippen LogP contribution is 2.31. The lowest BCUT2D eigenvalue weighted by atomic mass is 9.88. The van der Waals surface area contributed by atoms with Crippen molar-refractivity contribution in [2.24, 2.45) is 5.92 Å². The first-order chi connectivity index (χ1) is 15.7. The van der Waals surface area contributed by atoms with E-state index in [4.69, 9.17) is 9.47 Å². The largest absolute Gasteiger partial charge is 0.492 e. The van der Waals surface area contributed by atoms with Crippen LogP contribution < -0.4 is 14.8 Å². The van der Waals surface area contributed by atoms with Gasteiger partial charge < -0.3 is 14.8 Å². The highest BCUT2D eigenvalue weighted by atomic mass is 16.5. The maximum absolute atomic E-state index is 13.0. The third-order valence-electron chi connectivity index (χ3n) is 6.25. The monoisotopic (exact) mass is 430 g/mol. The first-order valence-electron chi connectivity index (χ1n) is 11.1. The molecule has 3 aromatic carbocycles. The number of fused-ring (bicyclic) bond motifs is 2. The lowest BCUT2D eigenvalue weighted by molar-refractivity contribution is -0.118. The SMILES string of the molecule is O=C1COc2ccc(C(=O)C3CCN(CCOc4ccc5ccccc5c4)CC3)cc2N1. The fourth-order valence-electron chi connectivity index (χ4n) is 4.44. The van der Waals surface area contributed by atoms with Crippen molar-refractivity contribution in [1.29, 1.82) is 0 Å². The second-order valence-corrected chi connectivity index (χ2v) is 8.39. The molecule has 2 aliphatic rings. The number of Topliss-reactive ketones (excluding diaryl/α,β-unsaturated/α-hetero) is 1. The Morgan fingerprint density at radius 1 is 1.03 bits per heavy atom. The molecule has 0 unspecified atom stereocenters. The van der Waals surface area contributed by atoms with Gasteiger partial charge in [0.1, 0.15) is 18.1 Å². The van der Waals surface area contributed by atoms with Crippen LogP contribution in [0.3, 0.4) is 0 Å². The zero-order chi connectivity index (χ0) is 21.9. The van der Waals surface area contributed by atoms with Crippen LogP contribution in [0, 0.1) is 5.92 Å². The van der Waals surface area contributed by atoms with Gasteiger partial charge in [-0.25, -0.2) is 0 Å². The number of likely N-dealkylation sites (tertiary alicyclic amines) is 1. The number of nitrogens with zero attached hydrogens (tertiary/aromatic N) is 1. The number of carbonyl (C=O) groups is 2.